The molecule has 3 amide bonds. The number of phosphoric acid groups is 1. The molecule has 0 saturated carbocycles. The van der Waals surface area contributed by atoms with E-state index in [1.165, 1.54) is 38.7 Å². The Morgan fingerprint density at radius 2 is 1.80 bits per heavy atom. The third kappa shape index (κ3) is 10.8. The normalized spacial score (nSPS) is 11.8. The van der Waals surface area contributed by atoms with Crippen LogP contribution >= 0.6 is 31.6 Å². The van der Waals surface area contributed by atoms with Gasteiger partial charge in [-0.25, -0.2) is 19.3 Å². The number of phosphoric ester groups is 1. The lowest BCUT2D eigenvalue weighted by molar-refractivity contribution is -0.140. The number of aromatic nitrogens is 3. The molecule has 278 valence electrons. The number of carbonyl (C=O) groups is 2. The van der Waals surface area contributed by atoms with E-state index in [0.717, 1.165) is 16.7 Å². The molecule has 0 saturated heterocycles. The lowest BCUT2D eigenvalue weighted by Gasteiger charge is -2.23. The van der Waals surface area contributed by atoms with E-state index in [2.05, 4.69) is 30.4 Å². The molecule has 3 aromatic heterocycles. The molecule has 0 unspecified atom stereocenters. The molecule has 0 fully saturated rings. The van der Waals surface area contributed by atoms with Gasteiger partial charge in [-0.1, -0.05) is 6.07 Å². The highest BCUT2D eigenvalue weighted by molar-refractivity contribution is 7.46. The smallest absolute Gasteiger partial charge is 0.382 e. The number of carbonyl (C=O) groups excluding carboxylic acids is 2. The van der Waals surface area contributed by atoms with Crippen molar-refractivity contribution >= 4 is 60.2 Å². The zero-order valence-corrected chi connectivity index (χ0v) is 29.9. The third-order valence-corrected chi connectivity index (χ3v) is 8.47. The van der Waals surface area contributed by atoms with Crippen molar-refractivity contribution in [3.05, 3.63) is 63.5 Å². The predicted octanol–water partition coefficient (Wildman–Crippen LogP) is 4.83. The molecule has 1 aromatic carbocycles. The number of alkyl halides is 3. The number of rotatable bonds is 15. The fourth-order valence-corrected chi connectivity index (χ4v) is 6.14. The summed E-state index contributed by atoms with van der Waals surface area (Å²) in [6.45, 7) is 1.86. The Morgan fingerprint density at radius 1 is 1.10 bits per heavy atom. The van der Waals surface area contributed by atoms with Gasteiger partial charge in [0.15, 0.2) is 5.69 Å². The molecule has 0 bridgehead atoms. The molecule has 15 nitrogen and oxygen atoms in total. The van der Waals surface area contributed by atoms with E-state index in [0.29, 0.717) is 17.6 Å². The second-order valence-electron chi connectivity index (χ2n) is 10.6. The Hall–Kier alpha value is -3.94. The molecule has 0 aliphatic rings. The summed E-state index contributed by atoms with van der Waals surface area (Å²) < 4.78 is 68.2. The second-order valence-corrected chi connectivity index (χ2v) is 12.7. The summed E-state index contributed by atoms with van der Waals surface area (Å²) in [4.78, 5) is 65.2. The van der Waals surface area contributed by atoms with E-state index in [1.54, 1.807) is 23.6 Å². The van der Waals surface area contributed by atoms with Crippen LogP contribution in [0.2, 0.25) is 0 Å². The van der Waals surface area contributed by atoms with Gasteiger partial charge < -0.3 is 34.5 Å². The highest BCUT2D eigenvalue weighted by atomic mass is 35.5. The summed E-state index contributed by atoms with van der Waals surface area (Å²) in [6, 6.07) is 5.01. The van der Waals surface area contributed by atoms with Gasteiger partial charge >= 0.3 is 20.0 Å². The molecular formula is C30H35ClF3N6O9PS. The van der Waals surface area contributed by atoms with Crippen LogP contribution in [-0.2, 0) is 24.7 Å². The number of urea groups is 1. The van der Waals surface area contributed by atoms with E-state index < -0.39 is 43.1 Å². The highest BCUT2D eigenvalue weighted by Gasteiger charge is 2.34. The third-order valence-electron chi connectivity index (χ3n) is 7.07. The lowest BCUT2D eigenvalue weighted by Crippen LogP contribution is -2.32. The molecule has 21 heteroatoms. The van der Waals surface area contributed by atoms with E-state index >= 15 is 0 Å². The van der Waals surface area contributed by atoms with E-state index in [-0.39, 0.29) is 78.1 Å². The van der Waals surface area contributed by atoms with Crippen molar-refractivity contribution in [3.8, 4) is 21.7 Å². The van der Waals surface area contributed by atoms with Gasteiger partial charge in [0.25, 0.3) is 5.91 Å². The van der Waals surface area contributed by atoms with Crippen molar-refractivity contribution in [1.29, 1.82) is 0 Å². The number of ether oxygens (including phenoxy) is 2. The highest BCUT2D eigenvalue weighted by Crippen LogP contribution is 2.39. The van der Waals surface area contributed by atoms with Crippen molar-refractivity contribution in [2.24, 2.45) is 0 Å². The number of methoxy groups -OCH3 is 2. The van der Waals surface area contributed by atoms with Gasteiger partial charge in [-0.2, -0.15) is 13.2 Å². The van der Waals surface area contributed by atoms with Crippen LogP contribution in [0, 0.1) is 0 Å². The van der Waals surface area contributed by atoms with Gasteiger partial charge in [0, 0.05) is 61.6 Å². The summed E-state index contributed by atoms with van der Waals surface area (Å²) in [6.07, 6.45) is -1.98. The molecule has 0 aliphatic heterocycles. The molecule has 0 atom stereocenters. The SMILES string of the molecule is CCNC(=O)Nc1cc(-c2nc(C(F)(F)F)cs2)c(-c2ccc3c(c2)c(=O)c(C(=O)NCCCOP(=O)(O)O)cn3C(COC)COC)cn1.Cl. The minimum Gasteiger partial charge on any atom is -0.382 e. The molecule has 0 aliphatic carbocycles. The van der Waals surface area contributed by atoms with Gasteiger partial charge in [-0.15, -0.1) is 23.7 Å². The van der Waals surface area contributed by atoms with Crippen LogP contribution in [0.25, 0.3) is 32.6 Å². The largest absolute Gasteiger partial charge is 0.469 e. The van der Waals surface area contributed by atoms with Gasteiger partial charge in [-0.05, 0) is 37.1 Å². The van der Waals surface area contributed by atoms with Crippen molar-refractivity contribution in [3.63, 3.8) is 0 Å². The topological polar surface area (TPSA) is 203 Å². The van der Waals surface area contributed by atoms with Crippen LogP contribution in [0.15, 0.2) is 46.8 Å². The number of nitrogens with zero attached hydrogens (tertiary/aromatic N) is 3. The van der Waals surface area contributed by atoms with Crippen LogP contribution in [0.4, 0.5) is 23.8 Å². The number of anilines is 1. The maximum atomic E-state index is 13.9. The molecule has 4 aromatic rings. The Morgan fingerprint density at radius 3 is 2.41 bits per heavy atom. The maximum Gasteiger partial charge on any atom is 0.469 e. The molecule has 51 heavy (non-hydrogen) atoms. The van der Waals surface area contributed by atoms with Crippen LogP contribution < -0.4 is 21.4 Å². The first kappa shape index (κ1) is 41.5. The first-order valence-corrected chi connectivity index (χ1v) is 17.3. The molecule has 4 rings (SSSR count). The van der Waals surface area contributed by atoms with Crippen LogP contribution in [-0.4, -0.2) is 83.4 Å². The van der Waals surface area contributed by atoms with Gasteiger partial charge in [-0.3, -0.25) is 19.4 Å². The monoisotopic (exact) mass is 778 g/mol. The quantitative estimate of drug-likeness (QED) is 0.0817. The number of fused-ring (bicyclic) bond motifs is 1. The average molecular weight is 779 g/mol. The van der Waals surface area contributed by atoms with Gasteiger partial charge in [0.2, 0.25) is 5.43 Å². The van der Waals surface area contributed by atoms with Crippen LogP contribution in [0.5, 0.6) is 0 Å². The predicted molar refractivity (Wildman–Crippen MR) is 185 cm³/mol. The number of thiazole rings is 1. The van der Waals surface area contributed by atoms with Crippen molar-refractivity contribution < 1.29 is 51.1 Å². The molecular weight excluding hydrogens is 744 g/mol. The minimum atomic E-state index is -4.71. The maximum absolute atomic E-state index is 13.9. The molecule has 3 heterocycles. The first-order chi connectivity index (χ1) is 23.7. The van der Waals surface area contributed by atoms with Crippen LogP contribution in [0.1, 0.15) is 35.4 Å². The van der Waals surface area contributed by atoms with Crippen molar-refractivity contribution in [1.82, 2.24) is 25.2 Å². The Balaban J connectivity index is 0.00000702. The summed E-state index contributed by atoms with van der Waals surface area (Å²) in [7, 11) is -1.75. The summed E-state index contributed by atoms with van der Waals surface area (Å²) in [5.41, 5.74) is -0.833. The second kappa shape index (κ2) is 18.0. The fourth-order valence-electron chi connectivity index (χ4n) is 4.91. The summed E-state index contributed by atoms with van der Waals surface area (Å²) >= 11 is 0.733. The van der Waals surface area contributed by atoms with E-state index in [9.17, 15) is 32.1 Å². The average Bonchev–Trinajstić information content (AvgIpc) is 3.56. The van der Waals surface area contributed by atoms with Gasteiger partial charge in [0.1, 0.15) is 16.4 Å². The zero-order valence-electron chi connectivity index (χ0n) is 27.4. The van der Waals surface area contributed by atoms with E-state index in [1.807, 2.05) is 0 Å². The van der Waals surface area contributed by atoms with Crippen molar-refractivity contribution in [2.75, 3.05) is 52.4 Å². The summed E-state index contributed by atoms with van der Waals surface area (Å²) in [5.74, 6) is -0.736. The number of amides is 3. The fraction of sp³-hybridized carbons (Fsp3) is 0.367. The number of nitrogens with one attached hydrogen (secondary N) is 3. The number of pyridine rings is 2. The zero-order chi connectivity index (χ0) is 36.6. The Labute approximate surface area is 299 Å². The van der Waals surface area contributed by atoms with Crippen LogP contribution in [0.3, 0.4) is 0 Å². The molecule has 0 spiro atoms. The van der Waals surface area contributed by atoms with Gasteiger partial charge in [0.05, 0.1) is 31.4 Å². The molecule has 0 radical (unpaired) electrons. The van der Waals surface area contributed by atoms with E-state index in [4.69, 9.17) is 19.3 Å². The Kier molecular flexibility index (Phi) is 14.6. The first-order valence-electron chi connectivity index (χ1n) is 14.9. The molecule has 5 N–H and O–H groups in total. The Bertz CT molecular complexity index is 1950. The number of halogens is 4. The minimum absolute atomic E-state index is 0. The summed E-state index contributed by atoms with van der Waals surface area (Å²) in [5, 5.41) is 8.53. The lowest BCUT2D eigenvalue weighted by atomic mass is 9.99. The standard InChI is InChI=1S/C30H34F3N6O9PS.ClH/c1-4-34-29(42)38-25-11-19(28-37-24(16-50-28)30(31,32)33)21(12-36-25)17-6-7-23-20(10-17)26(40)22(13-39(23)18(14-46-2)15-47-3)27(41)35-8-5-9-48-49(43,44)45;/h6-7,10-13,16,18H,4-5,8-9,14-15H2,1-3H3,(H,35,41)(H2,43,44,45)(H2,34,36,38,42);1H. The van der Waals surface area contributed by atoms with Crippen molar-refractivity contribution in [2.45, 2.75) is 25.6 Å². The number of hydrogen-bond acceptors (Lipinski definition) is 10. The number of hydrogen-bond donors (Lipinski definition) is 5. The number of benzene rings is 1.